The number of fused-ring (bicyclic) bond motifs is 10. The third kappa shape index (κ3) is 2.93. The molecule has 0 aliphatic rings. The summed E-state index contributed by atoms with van der Waals surface area (Å²) in [5, 5.41) is 4.50. The Morgan fingerprint density at radius 1 is 0.590 bits per heavy atom. The molecule has 0 fully saturated rings. The lowest BCUT2D eigenvalue weighted by Crippen LogP contribution is -1.98. The summed E-state index contributed by atoms with van der Waals surface area (Å²) in [7, 11) is 0. The molecule has 0 spiro atoms. The zero-order chi connectivity index (χ0) is 25.5. The zero-order valence-corrected chi connectivity index (χ0v) is 21.4. The normalized spacial score (nSPS) is 12.1. The largest absolute Gasteiger partial charge is 0.453 e. The molecule has 9 aromatic rings. The van der Waals surface area contributed by atoms with Gasteiger partial charge in [-0.05, 0) is 36.4 Å². The zero-order valence-electron chi connectivity index (χ0n) is 20.6. The Bertz CT molecular complexity index is 2400. The van der Waals surface area contributed by atoms with E-state index < -0.39 is 0 Å². The Morgan fingerprint density at radius 2 is 1.28 bits per heavy atom. The van der Waals surface area contributed by atoms with Crippen molar-refractivity contribution in [1.82, 2.24) is 14.5 Å². The Balaban J connectivity index is 1.38. The second-order valence-corrected chi connectivity index (χ2v) is 10.9. The van der Waals surface area contributed by atoms with Crippen molar-refractivity contribution < 1.29 is 4.42 Å². The SMILES string of the molecule is c1ccc(-c2ccc3ccc4ccc(-n5c6ccccc6c6sc7c8ccccc8oc7c65)nc4c3n2)cc1. The van der Waals surface area contributed by atoms with Gasteiger partial charge in [-0.15, -0.1) is 11.3 Å². The van der Waals surface area contributed by atoms with E-state index >= 15 is 0 Å². The number of aromatic nitrogens is 3. The molecule has 5 heterocycles. The maximum absolute atomic E-state index is 6.47. The molecule has 4 nitrogen and oxygen atoms in total. The third-order valence-electron chi connectivity index (χ3n) is 7.60. The topological polar surface area (TPSA) is 43.9 Å². The second kappa shape index (κ2) is 7.76. The molecule has 9 rings (SSSR count). The van der Waals surface area contributed by atoms with Gasteiger partial charge in [-0.2, -0.15) is 0 Å². The molecule has 0 aliphatic heterocycles. The van der Waals surface area contributed by atoms with Crippen molar-refractivity contribution in [2.75, 3.05) is 0 Å². The summed E-state index contributed by atoms with van der Waals surface area (Å²) >= 11 is 1.79. The van der Waals surface area contributed by atoms with Crippen molar-refractivity contribution in [2.24, 2.45) is 0 Å². The van der Waals surface area contributed by atoms with E-state index in [9.17, 15) is 0 Å². The van der Waals surface area contributed by atoms with Crippen molar-refractivity contribution in [2.45, 2.75) is 0 Å². The molecule has 5 heteroatoms. The monoisotopic (exact) mass is 517 g/mol. The minimum atomic E-state index is 0.855. The fraction of sp³-hybridized carbons (Fsp3) is 0. The minimum absolute atomic E-state index is 0.855. The van der Waals surface area contributed by atoms with Crippen LogP contribution in [0.25, 0.3) is 81.3 Å². The molecule has 0 saturated carbocycles. The highest BCUT2D eigenvalue weighted by Crippen LogP contribution is 2.46. The Labute approximate surface area is 226 Å². The van der Waals surface area contributed by atoms with Crippen molar-refractivity contribution in [1.29, 1.82) is 0 Å². The van der Waals surface area contributed by atoms with Gasteiger partial charge >= 0.3 is 0 Å². The molecule has 0 aliphatic carbocycles. The number of pyridine rings is 2. The molecular formula is C34H19N3OS. The molecule has 0 atom stereocenters. The van der Waals surface area contributed by atoms with E-state index in [1.54, 1.807) is 11.3 Å². The molecule has 0 N–H and O–H groups in total. The predicted octanol–water partition coefficient (Wildman–Crippen LogP) is 9.51. The molecule has 0 saturated heterocycles. The lowest BCUT2D eigenvalue weighted by atomic mass is 10.1. The van der Waals surface area contributed by atoms with Crippen LogP contribution >= 0.6 is 11.3 Å². The fourth-order valence-corrected chi connectivity index (χ4v) is 7.07. The second-order valence-electron chi connectivity index (χ2n) is 9.83. The van der Waals surface area contributed by atoms with Crippen LogP contribution in [-0.2, 0) is 0 Å². The highest BCUT2D eigenvalue weighted by Gasteiger charge is 2.22. The van der Waals surface area contributed by atoms with Crippen LogP contribution in [0, 0.1) is 0 Å². The van der Waals surface area contributed by atoms with Crippen molar-refractivity contribution in [3.63, 3.8) is 0 Å². The van der Waals surface area contributed by atoms with Gasteiger partial charge in [0.05, 0.1) is 31.6 Å². The first-order chi connectivity index (χ1) is 19.3. The first-order valence-electron chi connectivity index (χ1n) is 12.9. The van der Waals surface area contributed by atoms with Crippen LogP contribution in [0.1, 0.15) is 0 Å². The summed E-state index contributed by atoms with van der Waals surface area (Å²) in [5.41, 5.74) is 7.84. The van der Waals surface area contributed by atoms with Crippen LogP contribution in [0.5, 0.6) is 0 Å². The summed E-state index contributed by atoms with van der Waals surface area (Å²) in [4.78, 5) is 10.4. The van der Waals surface area contributed by atoms with Crippen LogP contribution in [-0.4, -0.2) is 14.5 Å². The number of hydrogen-bond acceptors (Lipinski definition) is 4. The molecule has 0 radical (unpaired) electrons. The number of furan rings is 1. The summed E-state index contributed by atoms with van der Waals surface area (Å²) in [6, 6.07) is 39.8. The lowest BCUT2D eigenvalue weighted by molar-refractivity contribution is 0.671. The van der Waals surface area contributed by atoms with E-state index in [0.717, 1.165) is 66.5 Å². The third-order valence-corrected chi connectivity index (χ3v) is 8.83. The molecule has 0 unspecified atom stereocenters. The van der Waals surface area contributed by atoms with Gasteiger partial charge < -0.3 is 4.42 Å². The Kier molecular flexibility index (Phi) is 4.18. The molecule has 39 heavy (non-hydrogen) atoms. The van der Waals surface area contributed by atoms with Gasteiger partial charge in [0.15, 0.2) is 5.58 Å². The highest BCUT2D eigenvalue weighted by molar-refractivity contribution is 7.27. The summed E-state index contributed by atoms with van der Waals surface area (Å²) in [6.45, 7) is 0. The summed E-state index contributed by atoms with van der Waals surface area (Å²) < 4.78 is 11.1. The maximum Gasteiger partial charge on any atom is 0.170 e. The molecule has 5 aromatic heterocycles. The van der Waals surface area contributed by atoms with Crippen molar-refractivity contribution in [3.05, 3.63) is 115 Å². The molecule has 182 valence electrons. The van der Waals surface area contributed by atoms with Crippen LogP contribution < -0.4 is 0 Å². The molecule has 0 bridgehead atoms. The number of para-hydroxylation sites is 2. The smallest absolute Gasteiger partial charge is 0.170 e. The van der Waals surface area contributed by atoms with Gasteiger partial charge in [-0.25, -0.2) is 9.97 Å². The number of hydrogen-bond donors (Lipinski definition) is 0. The molecular weight excluding hydrogens is 498 g/mol. The standard InChI is InChI=1S/C34H19N3OS/c1-2-8-20(9-3-1)25-18-16-21-14-15-22-17-19-28(36-30(22)29(21)35-25)37-26-12-6-4-10-23(26)33-31(37)32-34(39-33)24-11-5-7-13-27(24)38-32/h1-19H. The summed E-state index contributed by atoms with van der Waals surface area (Å²) in [6.07, 6.45) is 0. The molecule has 4 aromatic carbocycles. The molecule has 0 amide bonds. The van der Waals surface area contributed by atoms with E-state index in [4.69, 9.17) is 14.4 Å². The summed E-state index contributed by atoms with van der Waals surface area (Å²) in [5.74, 6) is 0.855. The van der Waals surface area contributed by atoms with E-state index in [2.05, 4.69) is 89.5 Å². The van der Waals surface area contributed by atoms with E-state index in [1.807, 2.05) is 30.3 Å². The lowest BCUT2D eigenvalue weighted by Gasteiger charge is -2.10. The van der Waals surface area contributed by atoms with Gasteiger partial charge in [0, 0.05) is 27.1 Å². The quantitative estimate of drug-likeness (QED) is 0.214. The minimum Gasteiger partial charge on any atom is -0.453 e. The van der Waals surface area contributed by atoms with E-state index in [0.29, 0.717) is 0 Å². The van der Waals surface area contributed by atoms with Gasteiger partial charge in [0.2, 0.25) is 0 Å². The van der Waals surface area contributed by atoms with Gasteiger partial charge in [0.25, 0.3) is 0 Å². The van der Waals surface area contributed by atoms with Gasteiger partial charge in [-0.3, -0.25) is 4.57 Å². The van der Waals surface area contributed by atoms with Crippen molar-refractivity contribution in [3.8, 4) is 17.1 Å². The Hall–Kier alpha value is -5.00. The van der Waals surface area contributed by atoms with Crippen molar-refractivity contribution >= 4 is 75.5 Å². The van der Waals surface area contributed by atoms with Gasteiger partial charge in [-0.1, -0.05) is 78.9 Å². The average molecular weight is 518 g/mol. The number of rotatable bonds is 2. The number of benzene rings is 4. The van der Waals surface area contributed by atoms with E-state index in [1.165, 1.54) is 14.8 Å². The first-order valence-corrected chi connectivity index (χ1v) is 13.7. The fourth-order valence-electron chi connectivity index (χ4n) is 5.79. The first kappa shape index (κ1) is 21.0. The Morgan fingerprint density at radius 3 is 2.15 bits per heavy atom. The van der Waals surface area contributed by atoms with Crippen LogP contribution in [0.2, 0.25) is 0 Å². The number of thiophene rings is 1. The van der Waals surface area contributed by atoms with Gasteiger partial charge in [0.1, 0.15) is 16.9 Å². The maximum atomic E-state index is 6.47. The van der Waals surface area contributed by atoms with Crippen LogP contribution in [0.3, 0.4) is 0 Å². The van der Waals surface area contributed by atoms with Crippen LogP contribution in [0.15, 0.2) is 120 Å². The van der Waals surface area contributed by atoms with Crippen LogP contribution in [0.4, 0.5) is 0 Å². The average Bonchev–Trinajstić information content (AvgIpc) is 3.64. The van der Waals surface area contributed by atoms with E-state index in [-0.39, 0.29) is 0 Å². The highest BCUT2D eigenvalue weighted by atomic mass is 32.1. The predicted molar refractivity (Wildman–Crippen MR) is 162 cm³/mol. The number of nitrogens with zero attached hydrogens (tertiary/aromatic N) is 3.